The molecule has 1 aliphatic heterocycles. The van der Waals surface area contributed by atoms with Gasteiger partial charge in [0.05, 0.1) is 25.3 Å². The van der Waals surface area contributed by atoms with E-state index in [1.807, 2.05) is 18.2 Å². The zero-order valence-electron chi connectivity index (χ0n) is 13.8. The Morgan fingerprint density at radius 3 is 2.28 bits per heavy atom. The number of hydrogen-bond acceptors (Lipinski definition) is 6. The van der Waals surface area contributed by atoms with Gasteiger partial charge < -0.3 is 15.2 Å². The van der Waals surface area contributed by atoms with Crippen LogP contribution in [0.15, 0.2) is 24.3 Å². The minimum atomic E-state index is -1.95. The van der Waals surface area contributed by atoms with Gasteiger partial charge in [-0.05, 0) is 17.7 Å². The number of methoxy groups -OCH3 is 1. The van der Waals surface area contributed by atoms with Crippen molar-refractivity contribution < 1.29 is 14.6 Å². The van der Waals surface area contributed by atoms with Crippen molar-refractivity contribution in [3.8, 4) is 24.0 Å². The van der Waals surface area contributed by atoms with E-state index in [-0.39, 0.29) is 6.42 Å². The quantitative estimate of drug-likeness (QED) is 0.834. The number of aliphatic hydroxyl groups is 1. The first-order chi connectivity index (χ1) is 11.8. The SMILES string of the molecule is COc1ccc([C@H]2C[C@@]3(O)NC(=O)[C@](C#N)([C@H]3C)C2(C#N)C#N)cc1. The van der Waals surface area contributed by atoms with Crippen LogP contribution >= 0.6 is 0 Å². The fraction of sp³-hybridized carbons (Fsp3) is 0.444. The van der Waals surface area contributed by atoms with Crippen LogP contribution < -0.4 is 10.1 Å². The highest BCUT2D eigenvalue weighted by Crippen LogP contribution is 2.64. The zero-order valence-corrected chi connectivity index (χ0v) is 13.8. The van der Waals surface area contributed by atoms with Crippen LogP contribution in [0.1, 0.15) is 24.8 Å². The van der Waals surface area contributed by atoms with Gasteiger partial charge in [-0.3, -0.25) is 4.79 Å². The summed E-state index contributed by atoms with van der Waals surface area (Å²) in [6, 6.07) is 12.5. The lowest BCUT2D eigenvalue weighted by molar-refractivity contribution is -0.130. The minimum absolute atomic E-state index is 0.0310. The van der Waals surface area contributed by atoms with Crippen LogP contribution in [-0.4, -0.2) is 23.8 Å². The Kier molecular flexibility index (Phi) is 3.49. The number of ether oxygens (including phenoxy) is 1. The smallest absolute Gasteiger partial charge is 0.245 e. The van der Waals surface area contributed by atoms with Crippen molar-refractivity contribution in [2.75, 3.05) is 7.11 Å². The summed E-state index contributed by atoms with van der Waals surface area (Å²) in [6.07, 6.45) is -0.0310. The number of nitrogens with one attached hydrogen (secondary N) is 1. The maximum atomic E-state index is 12.6. The fourth-order valence-corrected chi connectivity index (χ4v) is 4.24. The molecule has 1 aliphatic carbocycles. The van der Waals surface area contributed by atoms with Crippen molar-refractivity contribution in [1.29, 1.82) is 15.8 Å². The molecule has 1 saturated carbocycles. The number of nitriles is 3. The molecule has 1 saturated heterocycles. The molecule has 1 heterocycles. The van der Waals surface area contributed by atoms with Gasteiger partial charge in [0, 0.05) is 18.3 Å². The van der Waals surface area contributed by atoms with Gasteiger partial charge in [-0.1, -0.05) is 19.1 Å². The van der Waals surface area contributed by atoms with E-state index in [9.17, 15) is 25.7 Å². The number of amides is 1. The molecule has 126 valence electrons. The molecule has 2 N–H and O–H groups in total. The largest absolute Gasteiger partial charge is 0.497 e. The summed E-state index contributed by atoms with van der Waals surface area (Å²) in [4.78, 5) is 12.6. The second-order valence-corrected chi connectivity index (χ2v) is 6.58. The first kappa shape index (κ1) is 16.8. The van der Waals surface area contributed by atoms with Gasteiger partial charge in [0.1, 0.15) is 11.5 Å². The van der Waals surface area contributed by atoms with Crippen molar-refractivity contribution in [1.82, 2.24) is 5.32 Å². The summed E-state index contributed by atoms with van der Waals surface area (Å²) < 4.78 is 5.11. The van der Waals surface area contributed by atoms with Crippen molar-refractivity contribution in [2.24, 2.45) is 16.7 Å². The lowest BCUT2D eigenvalue weighted by Crippen LogP contribution is -2.57. The third kappa shape index (κ3) is 1.78. The Hall–Kier alpha value is -3.08. The van der Waals surface area contributed by atoms with E-state index < -0.39 is 34.3 Å². The number of fused-ring (bicyclic) bond motifs is 2. The van der Waals surface area contributed by atoms with Crippen molar-refractivity contribution in [3.63, 3.8) is 0 Å². The number of rotatable bonds is 2. The third-order valence-corrected chi connectivity index (χ3v) is 5.76. The second kappa shape index (κ2) is 5.21. The highest BCUT2D eigenvalue weighted by atomic mass is 16.5. The van der Waals surface area contributed by atoms with E-state index in [1.54, 1.807) is 24.3 Å². The Bertz CT molecular complexity index is 846. The van der Waals surface area contributed by atoms with Gasteiger partial charge in [-0.25, -0.2) is 0 Å². The third-order valence-electron chi connectivity index (χ3n) is 5.76. The summed E-state index contributed by atoms with van der Waals surface area (Å²) in [5, 5.41) is 43.0. The predicted molar refractivity (Wildman–Crippen MR) is 84.3 cm³/mol. The van der Waals surface area contributed by atoms with Crippen LogP contribution in [0.4, 0.5) is 0 Å². The van der Waals surface area contributed by atoms with Crippen LogP contribution in [0.3, 0.4) is 0 Å². The highest BCUT2D eigenvalue weighted by molar-refractivity contribution is 5.92. The molecule has 4 atom stereocenters. The Morgan fingerprint density at radius 2 is 1.80 bits per heavy atom. The molecule has 0 spiro atoms. The normalized spacial score (nSPS) is 35.0. The standard InChI is InChI=1S/C18H16N4O3/c1-11-17(10-21)15(23)22-18(11,24)7-14(16(17,8-19)9-20)12-3-5-13(25-2)6-4-12/h3-6,11,14,24H,7H2,1-2H3,(H,22,23)/t11-,14-,17+,18+/m1/s1. The van der Waals surface area contributed by atoms with E-state index in [2.05, 4.69) is 5.32 Å². The molecule has 1 aromatic rings. The zero-order chi connectivity index (χ0) is 18.5. The number of carbonyl (C=O) groups excluding carboxylic acids is 1. The monoisotopic (exact) mass is 336 g/mol. The topological polar surface area (TPSA) is 130 Å². The second-order valence-electron chi connectivity index (χ2n) is 6.58. The molecule has 0 unspecified atom stereocenters. The molecule has 1 amide bonds. The first-order valence-corrected chi connectivity index (χ1v) is 7.78. The van der Waals surface area contributed by atoms with Crippen molar-refractivity contribution in [3.05, 3.63) is 29.8 Å². The summed E-state index contributed by atoms with van der Waals surface area (Å²) in [7, 11) is 1.52. The van der Waals surface area contributed by atoms with E-state index in [0.29, 0.717) is 11.3 Å². The van der Waals surface area contributed by atoms with Gasteiger partial charge in [0.15, 0.2) is 10.8 Å². The molecule has 1 aromatic carbocycles. The van der Waals surface area contributed by atoms with Gasteiger partial charge >= 0.3 is 0 Å². The van der Waals surface area contributed by atoms with Crippen LogP contribution in [0.2, 0.25) is 0 Å². The number of nitrogens with zero attached hydrogens (tertiary/aromatic N) is 3. The van der Waals surface area contributed by atoms with Crippen molar-refractivity contribution >= 4 is 5.91 Å². The molecule has 2 bridgehead atoms. The Morgan fingerprint density at radius 1 is 1.20 bits per heavy atom. The van der Waals surface area contributed by atoms with Gasteiger partial charge in [-0.15, -0.1) is 0 Å². The fourth-order valence-electron chi connectivity index (χ4n) is 4.24. The lowest BCUT2D eigenvalue weighted by atomic mass is 9.48. The summed E-state index contributed by atoms with van der Waals surface area (Å²) >= 11 is 0. The molecule has 0 aromatic heterocycles. The van der Waals surface area contributed by atoms with Crippen LogP contribution in [0, 0.1) is 50.7 Å². The summed E-state index contributed by atoms with van der Waals surface area (Å²) in [5.74, 6) is -1.89. The average Bonchev–Trinajstić information content (AvgIpc) is 2.77. The Labute approximate surface area is 145 Å². The van der Waals surface area contributed by atoms with E-state index >= 15 is 0 Å². The predicted octanol–water partition coefficient (Wildman–Crippen LogP) is 1.18. The van der Waals surface area contributed by atoms with Gasteiger partial charge in [0.2, 0.25) is 5.91 Å². The summed E-state index contributed by atoms with van der Waals surface area (Å²) in [5.41, 5.74) is -4.92. The van der Waals surface area contributed by atoms with Crippen LogP contribution in [0.5, 0.6) is 5.75 Å². The maximum absolute atomic E-state index is 12.6. The molecule has 7 nitrogen and oxygen atoms in total. The molecular formula is C18H16N4O3. The first-order valence-electron chi connectivity index (χ1n) is 7.78. The number of carbonyl (C=O) groups is 1. The maximum Gasteiger partial charge on any atom is 0.245 e. The highest BCUT2D eigenvalue weighted by Gasteiger charge is 2.77. The molecule has 2 aliphatic rings. The average molecular weight is 336 g/mol. The number of hydrogen-bond donors (Lipinski definition) is 2. The van der Waals surface area contributed by atoms with Crippen molar-refractivity contribution in [2.45, 2.75) is 25.0 Å². The molecule has 25 heavy (non-hydrogen) atoms. The van der Waals surface area contributed by atoms with E-state index in [4.69, 9.17) is 4.74 Å². The van der Waals surface area contributed by atoms with Crippen LogP contribution in [0.25, 0.3) is 0 Å². The molecule has 0 radical (unpaired) electrons. The Balaban J connectivity index is 2.26. The van der Waals surface area contributed by atoms with Gasteiger partial charge in [0.25, 0.3) is 0 Å². The molecule has 2 fully saturated rings. The molecule has 7 heteroatoms. The minimum Gasteiger partial charge on any atom is -0.497 e. The van der Waals surface area contributed by atoms with Gasteiger partial charge in [-0.2, -0.15) is 15.8 Å². The van der Waals surface area contributed by atoms with Crippen LogP contribution in [-0.2, 0) is 4.79 Å². The molecular weight excluding hydrogens is 320 g/mol. The van der Waals surface area contributed by atoms with E-state index in [1.165, 1.54) is 14.0 Å². The molecule has 3 rings (SSSR count). The lowest BCUT2D eigenvalue weighted by Gasteiger charge is -2.48. The number of benzene rings is 1. The van der Waals surface area contributed by atoms with E-state index in [0.717, 1.165) is 0 Å². The summed E-state index contributed by atoms with van der Waals surface area (Å²) in [6.45, 7) is 1.52.